The molecule has 1 aromatic carbocycles. The van der Waals surface area contributed by atoms with E-state index in [-0.39, 0.29) is 5.56 Å². The second-order valence-electron chi connectivity index (χ2n) is 4.75. The first-order chi connectivity index (χ1) is 11.4. The number of pyridine rings is 1. The molecule has 1 aromatic heterocycles. The summed E-state index contributed by atoms with van der Waals surface area (Å²) in [6.45, 7) is 0. The van der Waals surface area contributed by atoms with Gasteiger partial charge in [0, 0.05) is 11.1 Å². The fourth-order valence-electron chi connectivity index (χ4n) is 2.01. The summed E-state index contributed by atoms with van der Waals surface area (Å²) in [5, 5.41) is 19.9. The number of alkyl halides is 6. The van der Waals surface area contributed by atoms with Crippen molar-refractivity contribution in [1.82, 2.24) is 4.98 Å². The van der Waals surface area contributed by atoms with Crippen LogP contribution in [0.3, 0.4) is 0 Å². The van der Waals surface area contributed by atoms with E-state index >= 15 is 0 Å². The Kier molecular flexibility index (Phi) is 4.44. The van der Waals surface area contributed by atoms with Gasteiger partial charge in [0.2, 0.25) is 0 Å². The molecule has 10 heteroatoms. The molecule has 130 valence electrons. The van der Waals surface area contributed by atoms with Crippen LogP contribution in [0.15, 0.2) is 30.3 Å². The molecule has 0 fully saturated rings. The maximum atomic E-state index is 13.0. The smallest absolute Gasteiger partial charge is 0.434 e. The molecule has 0 radical (unpaired) electrons. The van der Waals surface area contributed by atoms with Crippen molar-refractivity contribution in [3.8, 4) is 17.3 Å². The highest BCUT2D eigenvalue weighted by atomic mass is 19.4. The van der Waals surface area contributed by atoms with Crippen LogP contribution in [0.4, 0.5) is 26.3 Å². The molecule has 0 atom stereocenters. The number of aromatic carboxylic acids is 1. The van der Waals surface area contributed by atoms with Crippen LogP contribution in [0.5, 0.6) is 0 Å². The molecular weight excluding hydrogens is 354 g/mol. The molecule has 0 amide bonds. The van der Waals surface area contributed by atoms with Gasteiger partial charge in [-0.1, -0.05) is 12.1 Å². The van der Waals surface area contributed by atoms with Gasteiger partial charge in [0.25, 0.3) is 0 Å². The molecule has 0 bridgehead atoms. The number of aromatic nitrogens is 1. The third-order valence-electron chi connectivity index (χ3n) is 3.12. The number of nitrogens with zero attached hydrogens (tertiary/aromatic N) is 2. The zero-order chi connectivity index (χ0) is 19.0. The van der Waals surface area contributed by atoms with Gasteiger partial charge in [0.05, 0.1) is 22.8 Å². The Labute approximate surface area is 136 Å². The van der Waals surface area contributed by atoms with E-state index < -0.39 is 46.4 Å². The van der Waals surface area contributed by atoms with Crippen LogP contribution in [0, 0.1) is 11.3 Å². The minimum atomic E-state index is -5.16. The number of hydrogen-bond donors (Lipinski definition) is 0. The van der Waals surface area contributed by atoms with Gasteiger partial charge >= 0.3 is 12.4 Å². The number of hydrogen-bond acceptors (Lipinski definition) is 4. The first-order valence-corrected chi connectivity index (χ1v) is 6.36. The van der Waals surface area contributed by atoms with E-state index in [1.807, 2.05) is 0 Å². The van der Waals surface area contributed by atoms with Gasteiger partial charge in [0.15, 0.2) is 5.69 Å². The summed E-state index contributed by atoms with van der Waals surface area (Å²) >= 11 is 0. The van der Waals surface area contributed by atoms with E-state index in [1.165, 1.54) is 6.07 Å². The van der Waals surface area contributed by atoms with Crippen LogP contribution in [0.25, 0.3) is 11.3 Å². The molecule has 0 saturated heterocycles. The third-order valence-corrected chi connectivity index (χ3v) is 3.12. The van der Waals surface area contributed by atoms with Crippen molar-refractivity contribution in [2.75, 3.05) is 0 Å². The van der Waals surface area contributed by atoms with Gasteiger partial charge in [-0.15, -0.1) is 0 Å². The monoisotopic (exact) mass is 359 g/mol. The number of nitriles is 1. The second kappa shape index (κ2) is 6.08. The van der Waals surface area contributed by atoms with Crippen LogP contribution in [0.1, 0.15) is 27.2 Å². The van der Waals surface area contributed by atoms with E-state index in [2.05, 4.69) is 4.98 Å². The molecule has 0 saturated carbocycles. The maximum Gasteiger partial charge on any atom is 0.434 e. The van der Waals surface area contributed by atoms with E-state index in [0.717, 1.165) is 12.1 Å². The molecule has 4 nitrogen and oxygen atoms in total. The van der Waals surface area contributed by atoms with Crippen LogP contribution in [-0.4, -0.2) is 11.0 Å². The largest absolute Gasteiger partial charge is 0.545 e. The number of rotatable bonds is 2. The zero-order valence-corrected chi connectivity index (χ0v) is 11.9. The predicted molar refractivity (Wildman–Crippen MR) is 68.7 cm³/mol. The Morgan fingerprint density at radius 1 is 1.04 bits per heavy atom. The SMILES string of the molecule is N#Cc1cc(C(=O)[O-])c(C(F)(F)F)nc1-c1ccc(C(F)(F)F)cc1. The first-order valence-electron chi connectivity index (χ1n) is 6.36. The summed E-state index contributed by atoms with van der Waals surface area (Å²) in [5.74, 6) is -2.18. The Hall–Kier alpha value is -3.09. The fraction of sp³-hybridized carbons (Fsp3) is 0.133. The van der Waals surface area contributed by atoms with Crippen molar-refractivity contribution in [3.63, 3.8) is 0 Å². The summed E-state index contributed by atoms with van der Waals surface area (Å²) in [6, 6.07) is 4.79. The van der Waals surface area contributed by atoms with Gasteiger partial charge < -0.3 is 9.90 Å². The third kappa shape index (κ3) is 3.71. The van der Waals surface area contributed by atoms with Crippen molar-refractivity contribution in [3.05, 3.63) is 52.7 Å². The van der Waals surface area contributed by atoms with Gasteiger partial charge in [-0.05, 0) is 18.2 Å². The second-order valence-corrected chi connectivity index (χ2v) is 4.75. The molecule has 0 aliphatic rings. The minimum Gasteiger partial charge on any atom is -0.545 e. The van der Waals surface area contributed by atoms with Gasteiger partial charge in [-0.3, -0.25) is 0 Å². The highest BCUT2D eigenvalue weighted by Gasteiger charge is 2.37. The van der Waals surface area contributed by atoms with Crippen LogP contribution in [-0.2, 0) is 12.4 Å². The summed E-state index contributed by atoms with van der Waals surface area (Å²) in [4.78, 5) is 14.0. The van der Waals surface area contributed by atoms with Crippen molar-refractivity contribution in [2.24, 2.45) is 0 Å². The molecule has 1 heterocycles. The van der Waals surface area contributed by atoms with Crippen LogP contribution in [0.2, 0.25) is 0 Å². The van der Waals surface area contributed by atoms with E-state index in [1.54, 1.807) is 0 Å². The summed E-state index contributed by atoms with van der Waals surface area (Å²) in [5.41, 5.74) is -5.53. The zero-order valence-electron chi connectivity index (χ0n) is 11.9. The van der Waals surface area contributed by atoms with E-state index in [4.69, 9.17) is 5.26 Å². The quantitative estimate of drug-likeness (QED) is 0.773. The highest BCUT2D eigenvalue weighted by Crippen LogP contribution is 2.35. The Balaban J connectivity index is 2.69. The lowest BCUT2D eigenvalue weighted by atomic mass is 10.0. The minimum absolute atomic E-state index is 0.208. The summed E-state index contributed by atoms with van der Waals surface area (Å²) in [6.07, 6.45) is -9.82. The number of carboxylic acid groups (broad SMARTS) is 1. The van der Waals surface area contributed by atoms with Crippen molar-refractivity contribution in [2.45, 2.75) is 12.4 Å². The van der Waals surface area contributed by atoms with Gasteiger partial charge in [-0.2, -0.15) is 31.6 Å². The first kappa shape index (κ1) is 18.3. The molecule has 0 aliphatic carbocycles. The number of carboxylic acids is 1. The summed E-state index contributed by atoms with van der Waals surface area (Å²) < 4.78 is 76.5. The Morgan fingerprint density at radius 2 is 1.60 bits per heavy atom. The van der Waals surface area contributed by atoms with Crippen molar-refractivity contribution in [1.29, 1.82) is 5.26 Å². The lowest BCUT2D eigenvalue weighted by molar-refractivity contribution is -0.255. The number of carbonyl (C=O) groups excluding carboxylic acids is 1. The standard InChI is InChI=1S/C15H6F6N2O2/c16-14(17,18)9-3-1-7(2-4-9)11-8(6-22)5-10(13(24)25)12(23-11)15(19,20)21/h1-5H,(H,24,25)/p-1. The van der Waals surface area contributed by atoms with E-state index in [0.29, 0.717) is 18.2 Å². The fourth-order valence-corrected chi connectivity index (χ4v) is 2.01. The van der Waals surface area contributed by atoms with Gasteiger partial charge in [0.1, 0.15) is 6.07 Å². The lowest BCUT2D eigenvalue weighted by Crippen LogP contribution is -2.27. The maximum absolute atomic E-state index is 13.0. The summed E-state index contributed by atoms with van der Waals surface area (Å²) in [7, 11) is 0. The van der Waals surface area contributed by atoms with Gasteiger partial charge in [-0.25, -0.2) is 4.98 Å². The number of halogens is 6. The molecule has 0 aliphatic heterocycles. The van der Waals surface area contributed by atoms with Crippen molar-refractivity contribution >= 4 is 5.97 Å². The van der Waals surface area contributed by atoms with Crippen molar-refractivity contribution < 1.29 is 36.2 Å². The molecule has 0 unspecified atom stereocenters. The average Bonchev–Trinajstić information content (AvgIpc) is 2.52. The lowest BCUT2D eigenvalue weighted by Gasteiger charge is -2.15. The average molecular weight is 359 g/mol. The Morgan fingerprint density at radius 3 is 2.00 bits per heavy atom. The number of benzene rings is 1. The molecular formula is C15H5F6N2O2-. The molecule has 0 spiro atoms. The molecule has 25 heavy (non-hydrogen) atoms. The van der Waals surface area contributed by atoms with Crippen LogP contribution < -0.4 is 5.11 Å². The molecule has 2 rings (SSSR count). The predicted octanol–water partition coefficient (Wildman–Crippen LogP) is 3.02. The molecule has 0 N–H and O–H groups in total. The Bertz CT molecular complexity index is 864. The molecule has 2 aromatic rings. The topological polar surface area (TPSA) is 76.8 Å². The van der Waals surface area contributed by atoms with E-state index in [9.17, 15) is 36.2 Å². The normalized spacial score (nSPS) is 11.9. The highest BCUT2D eigenvalue weighted by molar-refractivity contribution is 5.89. The van der Waals surface area contributed by atoms with Crippen LogP contribution >= 0.6 is 0 Å². The number of carbonyl (C=O) groups is 1.